The summed E-state index contributed by atoms with van der Waals surface area (Å²) in [5.74, 6) is 0. The molecule has 10 aromatic rings. The van der Waals surface area contributed by atoms with E-state index in [1.54, 1.807) is 0 Å². The number of fused-ring (bicyclic) bond motifs is 9. The van der Waals surface area contributed by atoms with E-state index >= 15 is 0 Å². The fourth-order valence-electron chi connectivity index (χ4n) is 8.21. The van der Waals surface area contributed by atoms with Gasteiger partial charge in [-0.2, -0.15) is 0 Å². The van der Waals surface area contributed by atoms with E-state index in [2.05, 4.69) is 183 Å². The Balaban J connectivity index is 1.16. The summed E-state index contributed by atoms with van der Waals surface area (Å²) < 4.78 is 6.42. The summed E-state index contributed by atoms with van der Waals surface area (Å²) in [4.78, 5) is 2.39. The van der Waals surface area contributed by atoms with Gasteiger partial charge in [0, 0.05) is 33.4 Å². The van der Waals surface area contributed by atoms with Crippen LogP contribution in [0.3, 0.4) is 0 Å². The fraction of sp³-hybridized carbons (Fsp3) is 0.0400. The van der Waals surface area contributed by atoms with Gasteiger partial charge in [0.25, 0.3) is 0 Å². The molecule has 52 heavy (non-hydrogen) atoms. The summed E-state index contributed by atoms with van der Waals surface area (Å²) in [5, 5.41) is 9.89. The van der Waals surface area contributed by atoms with Gasteiger partial charge in [-0.05, 0) is 116 Å². The summed E-state index contributed by atoms with van der Waals surface area (Å²) in [6.45, 7) is 4.41. The third-order valence-corrected chi connectivity index (χ3v) is 10.7. The van der Waals surface area contributed by atoms with Crippen LogP contribution in [0, 0.1) is 13.8 Å². The highest BCUT2D eigenvalue weighted by Gasteiger charge is 2.18. The number of para-hydroxylation sites is 2. The second-order valence-electron chi connectivity index (χ2n) is 13.8. The Bertz CT molecular complexity index is 2950. The van der Waals surface area contributed by atoms with Crippen LogP contribution in [0.5, 0.6) is 0 Å². The monoisotopic (exact) mass is 665 g/mol. The van der Waals surface area contributed by atoms with Gasteiger partial charge in [-0.25, -0.2) is 0 Å². The van der Waals surface area contributed by atoms with Crippen molar-refractivity contribution < 1.29 is 4.42 Å². The zero-order valence-electron chi connectivity index (χ0n) is 29.1. The van der Waals surface area contributed by atoms with Crippen molar-refractivity contribution in [2.75, 3.05) is 4.90 Å². The maximum absolute atomic E-state index is 6.42. The molecule has 10 rings (SSSR count). The van der Waals surface area contributed by atoms with Crippen LogP contribution in [-0.2, 0) is 0 Å². The summed E-state index contributed by atoms with van der Waals surface area (Å²) in [6, 6.07) is 63.7. The number of hydrogen-bond donors (Lipinski definition) is 0. The molecule has 0 bridgehead atoms. The minimum Gasteiger partial charge on any atom is -0.455 e. The summed E-state index contributed by atoms with van der Waals surface area (Å²) in [5.41, 5.74) is 12.4. The first kappa shape index (κ1) is 30.2. The second-order valence-corrected chi connectivity index (χ2v) is 13.8. The van der Waals surface area contributed by atoms with Gasteiger partial charge in [-0.1, -0.05) is 133 Å². The van der Waals surface area contributed by atoms with E-state index in [4.69, 9.17) is 4.42 Å². The molecule has 9 aromatic carbocycles. The number of rotatable bonds is 5. The van der Waals surface area contributed by atoms with Gasteiger partial charge in [0.1, 0.15) is 11.2 Å². The van der Waals surface area contributed by atoms with E-state index in [-0.39, 0.29) is 0 Å². The Kier molecular flexibility index (Phi) is 6.97. The molecule has 0 saturated carbocycles. The van der Waals surface area contributed by atoms with Gasteiger partial charge in [-0.3, -0.25) is 0 Å². The van der Waals surface area contributed by atoms with Crippen LogP contribution in [0.1, 0.15) is 11.1 Å². The Labute approximate surface area is 302 Å². The highest BCUT2D eigenvalue weighted by molar-refractivity contribution is 6.25. The molecule has 1 aromatic heterocycles. The fourth-order valence-corrected chi connectivity index (χ4v) is 8.21. The molecule has 0 atom stereocenters. The number of benzene rings is 9. The van der Waals surface area contributed by atoms with Crippen molar-refractivity contribution in [3.05, 3.63) is 187 Å². The molecular weight excluding hydrogens is 631 g/mol. The van der Waals surface area contributed by atoms with Gasteiger partial charge >= 0.3 is 0 Å². The topological polar surface area (TPSA) is 16.4 Å². The number of furan rings is 1. The van der Waals surface area contributed by atoms with E-state index < -0.39 is 0 Å². The molecule has 0 aliphatic carbocycles. The van der Waals surface area contributed by atoms with Crippen molar-refractivity contribution >= 4 is 71.3 Å². The Morgan fingerprint density at radius 2 is 0.865 bits per heavy atom. The van der Waals surface area contributed by atoms with Gasteiger partial charge in [0.2, 0.25) is 0 Å². The second kappa shape index (κ2) is 12.0. The highest BCUT2D eigenvalue weighted by atomic mass is 16.3. The molecule has 0 fully saturated rings. The van der Waals surface area contributed by atoms with Crippen molar-refractivity contribution in [2.24, 2.45) is 0 Å². The summed E-state index contributed by atoms with van der Waals surface area (Å²) >= 11 is 0. The third kappa shape index (κ3) is 4.80. The highest BCUT2D eigenvalue weighted by Crippen LogP contribution is 2.43. The van der Waals surface area contributed by atoms with Crippen LogP contribution in [0.2, 0.25) is 0 Å². The average Bonchev–Trinajstić information content (AvgIpc) is 3.58. The zero-order valence-corrected chi connectivity index (χ0v) is 29.1. The molecule has 2 nitrogen and oxygen atoms in total. The van der Waals surface area contributed by atoms with Crippen LogP contribution in [0.25, 0.3) is 76.5 Å². The van der Waals surface area contributed by atoms with Gasteiger partial charge in [0.05, 0.1) is 0 Å². The normalized spacial score (nSPS) is 11.7. The minimum absolute atomic E-state index is 0.911. The third-order valence-electron chi connectivity index (χ3n) is 10.7. The van der Waals surface area contributed by atoms with E-state index in [0.29, 0.717) is 0 Å². The molecule has 0 saturated heterocycles. The average molecular weight is 666 g/mol. The molecule has 0 N–H and O–H groups in total. The number of nitrogens with zero attached hydrogens (tertiary/aromatic N) is 1. The zero-order chi connectivity index (χ0) is 34.8. The van der Waals surface area contributed by atoms with Crippen LogP contribution >= 0.6 is 0 Å². The van der Waals surface area contributed by atoms with Gasteiger partial charge < -0.3 is 9.32 Å². The maximum atomic E-state index is 6.42. The summed E-state index contributed by atoms with van der Waals surface area (Å²) in [6.07, 6.45) is 0. The Morgan fingerprint density at radius 3 is 1.58 bits per heavy atom. The molecule has 0 aliphatic rings. The van der Waals surface area contributed by atoms with Crippen molar-refractivity contribution in [1.29, 1.82) is 0 Å². The molecule has 0 amide bonds. The van der Waals surface area contributed by atoms with E-state index in [9.17, 15) is 0 Å². The van der Waals surface area contributed by atoms with Gasteiger partial charge in [-0.15, -0.1) is 0 Å². The quantitative estimate of drug-likeness (QED) is 0.170. The number of aryl methyl sites for hydroxylation is 2. The first-order valence-electron chi connectivity index (χ1n) is 17.9. The standard InChI is InChI=1S/C50H35NO/c1-32-12-3-4-13-38(32)39-28-26-36(30-33(39)2)51(37-27-29-45-43-16-6-5-14-41(43)42-15-7-8-17-44(42)48(45)31-37)35-24-22-34(23-25-35)40-19-11-20-47-46-18-9-10-21-49(46)52-50(40)47/h3-31H,1-2H3. The molecule has 1 heterocycles. The molecule has 0 radical (unpaired) electrons. The van der Waals surface area contributed by atoms with E-state index in [1.165, 1.54) is 54.6 Å². The predicted octanol–water partition coefficient (Wildman–Crippen LogP) is 14.5. The van der Waals surface area contributed by atoms with Crippen LogP contribution in [-0.4, -0.2) is 0 Å². The lowest BCUT2D eigenvalue weighted by Crippen LogP contribution is -2.10. The molecule has 0 spiro atoms. The lowest BCUT2D eigenvalue weighted by molar-refractivity contribution is 0.670. The lowest BCUT2D eigenvalue weighted by Gasteiger charge is -2.27. The van der Waals surface area contributed by atoms with Crippen LogP contribution in [0.15, 0.2) is 180 Å². The smallest absolute Gasteiger partial charge is 0.143 e. The maximum Gasteiger partial charge on any atom is 0.143 e. The molecule has 0 unspecified atom stereocenters. The first-order valence-corrected chi connectivity index (χ1v) is 17.9. The minimum atomic E-state index is 0.911. The van der Waals surface area contributed by atoms with Gasteiger partial charge in [0.15, 0.2) is 0 Å². The Morgan fingerprint density at radius 1 is 0.346 bits per heavy atom. The number of anilines is 3. The van der Waals surface area contributed by atoms with Crippen molar-refractivity contribution in [3.8, 4) is 22.3 Å². The predicted molar refractivity (Wildman–Crippen MR) is 221 cm³/mol. The SMILES string of the molecule is Cc1ccccc1-c1ccc(N(c2ccc(-c3cccc4c3oc3ccccc34)cc2)c2ccc3c4ccccc4c4ccccc4c3c2)cc1C. The van der Waals surface area contributed by atoms with E-state index in [0.717, 1.165) is 50.1 Å². The summed E-state index contributed by atoms with van der Waals surface area (Å²) in [7, 11) is 0. The molecular formula is C50H35NO. The number of hydrogen-bond acceptors (Lipinski definition) is 2. The molecule has 0 aliphatic heterocycles. The Hall–Kier alpha value is -6.64. The largest absolute Gasteiger partial charge is 0.455 e. The van der Waals surface area contributed by atoms with Crippen molar-refractivity contribution in [2.45, 2.75) is 13.8 Å². The van der Waals surface area contributed by atoms with Crippen LogP contribution < -0.4 is 4.90 Å². The first-order chi connectivity index (χ1) is 25.6. The molecule has 246 valence electrons. The van der Waals surface area contributed by atoms with E-state index in [1.807, 2.05) is 12.1 Å². The van der Waals surface area contributed by atoms with Crippen molar-refractivity contribution in [1.82, 2.24) is 0 Å². The molecule has 2 heteroatoms. The van der Waals surface area contributed by atoms with Crippen LogP contribution in [0.4, 0.5) is 17.1 Å². The van der Waals surface area contributed by atoms with Crippen molar-refractivity contribution in [3.63, 3.8) is 0 Å². The lowest BCUT2D eigenvalue weighted by atomic mass is 9.93.